The van der Waals surface area contributed by atoms with Gasteiger partial charge in [-0.3, -0.25) is 0 Å². The third-order valence-corrected chi connectivity index (χ3v) is 2.09. The van der Waals surface area contributed by atoms with Crippen LogP contribution in [0.25, 0.3) is 0 Å². The molecule has 70 valence electrons. The Morgan fingerprint density at radius 3 is 3.08 bits per heavy atom. The second kappa shape index (κ2) is 6.17. The average Bonchev–Trinajstić information content (AvgIpc) is 2.14. The zero-order chi connectivity index (χ0) is 8.65. The highest BCUT2D eigenvalue weighted by Gasteiger charge is 2.10. The molecular formula is C9H18N2O. The summed E-state index contributed by atoms with van der Waals surface area (Å²) in [6, 6.07) is 0.613. The Hall–Kier alpha value is -0.380. The molecule has 0 aliphatic carbocycles. The standard InChI is InChI=1S/C9H18N2O/c12-7-2-1-6-11-9-4-3-5-10-8-9/h1-2,9-12H,3-8H2/b2-1+. The molecule has 1 aliphatic heterocycles. The van der Waals surface area contributed by atoms with Gasteiger partial charge in [0.05, 0.1) is 6.61 Å². The van der Waals surface area contributed by atoms with E-state index in [2.05, 4.69) is 10.6 Å². The highest BCUT2D eigenvalue weighted by atomic mass is 16.2. The minimum absolute atomic E-state index is 0.143. The summed E-state index contributed by atoms with van der Waals surface area (Å²) in [6.07, 6.45) is 6.26. The van der Waals surface area contributed by atoms with Gasteiger partial charge in [0.25, 0.3) is 0 Å². The van der Waals surface area contributed by atoms with E-state index in [-0.39, 0.29) is 6.61 Å². The van der Waals surface area contributed by atoms with Crippen molar-refractivity contribution in [2.45, 2.75) is 18.9 Å². The lowest BCUT2D eigenvalue weighted by atomic mass is 10.1. The SMILES string of the molecule is OC/C=C/CNC1CCCNC1. The van der Waals surface area contributed by atoms with Crippen molar-refractivity contribution in [1.29, 1.82) is 0 Å². The molecule has 0 radical (unpaired) electrons. The first kappa shape index (κ1) is 9.71. The van der Waals surface area contributed by atoms with Gasteiger partial charge in [-0.15, -0.1) is 0 Å². The fourth-order valence-corrected chi connectivity index (χ4v) is 1.42. The van der Waals surface area contributed by atoms with Crippen LogP contribution in [0.4, 0.5) is 0 Å². The van der Waals surface area contributed by atoms with Gasteiger partial charge >= 0.3 is 0 Å². The van der Waals surface area contributed by atoms with Crippen LogP contribution >= 0.6 is 0 Å². The van der Waals surface area contributed by atoms with Gasteiger partial charge < -0.3 is 15.7 Å². The van der Waals surface area contributed by atoms with Crippen LogP contribution in [-0.2, 0) is 0 Å². The smallest absolute Gasteiger partial charge is 0.0612 e. The fraction of sp³-hybridized carbons (Fsp3) is 0.778. The molecular weight excluding hydrogens is 152 g/mol. The summed E-state index contributed by atoms with van der Waals surface area (Å²) in [5, 5.41) is 15.2. The first-order chi connectivity index (χ1) is 5.93. The van der Waals surface area contributed by atoms with Gasteiger partial charge in [0.2, 0.25) is 0 Å². The van der Waals surface area contributed by atoms with Crippen molar-refractivity contribution in [3.63, 3.8) is 0 Å². The summed E-state index contributed by atoms with van der Waals surface area (Å²) >= 11 is 0. The van der Waals surface area contributed by atoms with E-state index < -0.39 is 0 Å². The van der Waals surface area contributed by atoms with E-state index in [1.54, 1.807) is 6.08 Å². The summed E-state index contributed by atoms with van der Waals surface area (Å²) in [5.74, 6) is 0. The van der Waals surface area contributed by atoms with Gasteiger partial charge in [0.15, 0.2) is 0 Å². The maximum absolute atomic E-state index is 8.48. The Bertz CT molecular complexity index is 130. The van der Waals surface area contributed by atoms with E-state index in [0.717, 1.165) is 19.6 Å². The molecule has 0 spiro atoms. The Labute approximate surface area is 73.9 Å². The molecule has 1 saturated heterocycles. The van der Waals surface area contributed by atoms with Crippen LogP contribution in [0.15, 0.2) is 12.2 Å². The summed E-state index contributed by atoms with van der Waals surface area (Å²) in [7, 11) is 0. The molecule has 0 aromatic heterocycles. The molecule has 0 amide bonds. The van der Waals surface area contributed by atoms with Crippen molar-refractivity contribution in [2.24, 2.45) is 0 Å². The van der Waals surface area contributed by atoms with Gasteiger partial charge in [-0.25, -0.2) is 0 Å². The molecule has 3 heteroatoms. The van der Waals surface area contributed by atoms with Crippen LogP contribution in [0, 0.1) is 0 Å². The van der Waals surface area contributed by atoms with Crippen LogP contribution in [-0.4, -0.2) is 37.4 Å². The zero-order valence-corrected chi connectivity index (χ0v) is 7.42. The lowest BCUT2D eigenvalue weighted by Crippen LogP contribution is -2.43. The van der Waals surface area contributed by atoms with Gasteiger partial charge in [-0.05, 0) is 19.4 Å². The van der Waals surface area contributed by atoms with E-state index >= 15 is 0 Å². The molecule has 0 aromatic rings. The number of aliphatic hydroxyl groups is 1. The van der Waals surface area contributed by atoms with Crippen LogP contribution in [0.1, 0.15) is 12.8 Å². The first-order valence-electron chi connectivity index (χ1n) is 4.63. The van der Waals surface area contributed by atoms with Crippen LogP contribution < -0.4 is 10.6 Å². The van der Waals surface area contributed by atoms with Crippen molar-refractivity contribution >= 4 is 0 Å². The molecule has 1 atom stereocenters. The van der Waals surface area contributed by atoms with E-state index in [1.165, 1.54) is 12.8 Å². The number of aliphatic hydroxyl groups excluding tert-OH is 1. The van der Waals surface area contributed by atoms with Crippen LogP contribution in [0.3, 0.4) is 0 Å². The number of hydrogen-bond acceptors (Lipinski definition) is 3. The fourth-order valence-electron chi connectivity index (χ4n) is 1.42. The van der Waals surface area contributed by atoms with E-state index in [0.29, 0.717) is 6.04 Å². The predicted molar refractivity (Wildman–Crippen MR) is 50.1 cm³/mol. The van der Waals surface area contributed by atoms with Crippen molar-refractivity contribution in [3.8, 4) is 0 Å². The van der Waals surface area contributed by atoms with Gasteiger partial charge in [0.1, 0.15) is 0 Å². The lowest BCUT2D eigenvalue weighted by Gasteiger charge is -2.23. The maximum atomic E-state index is 8.48. The molecule has 0 bridgehead atoms. The lowest BCUT2D eigenvalue weighted by molar-refractivity contribution is 0.342. The molecule has 1 fully saturated rings. The largest absolute Gasteiger partial charge is 0.392 e. The second-order valence-corrected chi connectivity index (χ2v) is 3.11. The molecule has 12 heavy (non-hydrogen) atoms. The molecule has 0 saturated carbocycles. The minimum atomic E-state index is 0.143. The minimum Gasteiger partial charge on any atom is -0.392 e. The summed E-state index contributed by atoms with van der Waals surface area (Å²) in [5.41, 5.74) is 0. The quantitative estimate of drug-likeness (QED) is 0.515. The van der Waals surface area contributed by atoms with Gasteiger partial charge in [0, 0.05) is 19.1 Å². The first-order valence-corrected chi connectivity index (χ1v) is 4.63. The van der Waals surface area contributed by atoms with Crippen LogP contribution in [0.2, 0.25) is 0 Å². The zero-order valence-electron chi connectivity index (χ0n) is 7.42. The molecule has 3 N–H and O–H groups in total. The Morgan fingerprint density at radius 2 is 2.42 bits per heavy atom. The number of hydrogen-bond donors (Lipinski definition) is 3. The third kappa shape index (κ3) is 3.85. The molecule has 3 nitrogen and oxygen atoms in total. The van der Waals surface area contributed by atoms with E-state index in [4.69, 9.17) is 5.11 Å². The number of piperidine rings is 1. The number of nitrogens with one attached hydrogen (secondary N) is 2. The second-order valence-electron chi connectivity index (χ2n) is 3.11. The van der Waals surface area contributed by atoms with Gasteiger partial charge in [-0.2, -0.15) is 0 Å². The van der Waals surface area contributed by atoms with E-state index in [1.807, 2.05) is 6.08 Å². The highest BCUT2D eigenvalue weighted by Crippen LogP contribution is 2.00. The normalized spacial score (nSPS) is 24.9. The molecule has 1 aliphatic rings. The average molecular weight is 170 g/mol. The van der Waals surface area contributed by atoms with Crippen molar-refractivity contribution in [2.75, 3.05) is 26.2 Å². The van der Waals surface area contributed by atoms with Crippen molar-refractivity contribution in [3.05, 3.63) is 12.2 Å². The molecule has 1 heterocycles. The summed E-state index contributed by atoms with van der Waals surface area (Å²) < 4.78 is 0. The Balaban J connectivity index is 2.01. The van der Waals surface area contributed by atoms with Crippen molar-refractivity contribution in [1.82, 2.24) is 10.6 Å². The third-order valence-electron chi connectivity index (χ3n) is 2.09. The maximum Gasteiger partial charge on any atom is 0.0612 e. The van der Waals surface area contributed by atoms with Crippen molar-refractivity contribution < 1.29 is 5.11 Å². The molecule has 1 rings (SSSR count). The van der Waals surface area contributed by atoms with Gasteiger partial charge in [-0.1, -0.05) is 12.2 Å². The molecule has 0 aromatic carbocycles. The topological polar surface area (TPSA) is 44.3 Å². The highest BCUT2D eigenvalue weighted by molar-refractivity contribution is 4.85. The predicted octanol–water partition coefficient (Wildman–Crippen LogP) is -0.123. The Morgan fingerprint density at radius 1 is 1.50 bits per heavy atom. The van der Waals surface area contributed by atoms with Crippen LogP contribution in [0.5, 0.6) is 0 Å². The Kier molecular flexibility index (Phi) is 4.99. The monoisotopic (exact) mass is 170 g/mol. The van der Waals surface area contributed by atoms with E-state index in [9.17, 15) is 0 Å². The summed E-state index contributed by atoms with van der Waals surface area (Å²) in [6.45, 7) is 3.25. The summed E-state index contributed by atoms with van der Waals surface area (Å²) in [4.78, 5) is 0. The molecule has 1 unspecified atom stereocenters. The number of rotatable bonds is 4.